The Labute approximate surface area is 226 Å². The number of aryl methyl sites for hydroxylation is 2. The Hall–Kier alpha value is -3.97. The minimum Gasteiger partial charge on any atom is -0.442 e. The van der Waals surface area contributed by atoms with Crippen molar-refractivity contribution in [3.05, 3.63) is 58.5 Å². The first-order valence-corrected chi connectivity index (χ1v) is 13.4. The van der Waals surface area contributed by atoms with E-state index < -0.39 is 16.9 Å². The molecule has 0 unspecified atom stereocenters. The molecule has 1 aromatic carbocycles. The number of nitrogens with one attached hydrogen (secondary N) is 1. The van der Waals surface area contributed by atoms with Crippen LogP contribution in [0.15, 0.2) is 33.3 Å². The number of fused-ring (bicyclic) bond motifs is 4. The van der Waals surface area contributed by atoms with Gasteiger partial charge in [0.15, 0.2) is 17.1 Å². The smallest absolute Gasteiger partial charge is 0.275 e. The first-order valence-electron chi connectivity index (χ1n) is 13.4. The Morgan fingerprint density at radius 1 is 1.18 bits per heavy atom. The Morgan fingerprint density at radius 3 is 2.72 bits per heavy atom. The van der Waals surface area contributed by atoms with Crippen LogP contribution in [0, 0.1) is 16.7 Å². The molecule has 2 aliphatic heterocycles. The normalized spacial score (nSPS) is 23.0. The van der Waals surface area contributed by atoms with Crippen LogP contribution >= 0.6 is 0 Å². The van der Waals surface area contributed by atoms with Crippen molar-refractivity contribution in [2.24, 2.45) is 5.41 Å². The lowest BCUT2D eigenvalue weighted by molar-refractivity contribution is -0.122. The van der Waals surface area contributed by atoms with E-state index in [0.29, 0.717) is 57.7 Å². The number of nitrogens with zero attached hydrogens (tertiary/aromatic N) is 4. The molecule has 3 aromatic rings. The lowest BCUT2D eigenvalue weighted by atomic mass is 9.79. The predicted molar refractivity (Wildman–Crippen MR) is 139 cm³/mol. The van der Waals surface area contributed by atoms with Crippen LogP contribution in [0.4, 0.5) is 0 Å². The number of morpholine rings is 1. The van der Waals surface area contributed by atoms with E-state index in [0.717, 1.165) is 16.7 Å². The molecule has 4 bridgehead atoms. The Bertz CT molecular complexity index is 1490. The van der Waals surface area contributed by atoms with E-state index in [4.69, 9.17) is 18.6 Å². The number of ether oxygens (including phenoxy) is 1. The Kier molecular flexibility index (Phi) is 6.07. The molecule has 1 aliphatic carbocycles. The second-order valence-electron chi connectivity index (χ2n) is 11.5. The minimum atomic E-state index is -1.11. The van der Waals surface area contributed by atoms with Gasteiger partial charge < -0.3 is 23.8 Å². The number of nitriles is 1. The van der Waals surface area contributed by atoms with E-state index in [1.165, 1.54) is 6.26 Å². The maximum absolute atomic E-state index is 13.1. The van der Waals surface area contributed by atoms with Crippen molar-refractivity contribution >= 4 is 11.8 Å². The molecule has 0 saturated carbocycles. The van der Waals surface area contributed by atoms with E-state index in [2.05, 4.69) is 16.4 Å². The van der Waals surface area contributed by atoms with Gasteiger partial charge in [0.25, 0.3) is 5.91 Å². The van der Waals surface area contributed by atoms with Crippen LogP contribution in [0.5, 0.6) is 0 Å². The molecule has 0 radical (unpaired) electrons. The lowest BCUT2D eigenvalue weighted by Gasteiger charge is -2.29. The Balaban J connectivity index is 1.52. The highest BCUT2D eigenvalue weighted by Crippen LogP contribution is 2.49. The van der Waals surface area contributed by atoms with Gasteiger partial charge in [-0.05, 0) is 41.4 Å². The largest absolute Gasteiger partial charge is 0.442 e. The summed E-state index contributed by atoms with van der Waals surface area (Å²) in [6.07, 6.45) is 3.39. The highest BCUT2D eigenvalue weighted by molar-refractivity contribution is 5.92. The summed E-state index contributed by atoms with van der Waals surface area (Å²) >= 11 is 0. The van der Waals surface area contributed by atoms with Gasteiger partial charge in [0.05, 0.1) is 19.3 Å². The molecule has 2 amide bonds. The first-order chi connectivity index (χ1) is 18.7. The fourth-order valence-electron chi connectivity index (χ4n) is 5.70. The van der Waals surface area contributed by atoms with Gasteiger partial charge in [0, 0.05) is 19.5 Å². The highest BCUT2D eigenvalue weighted by Gasteiger charge is 2.48. The molecule has 3 aliphatic rings. The summed E-state index contributed by atoms with van der Waals surface area (Å²) in [5, 5.41) is 13.8. The average Bonchev–Trinajstić information content (AvgIpc) is 3.66. The maximum Gasteiger partial charge on any atom is 0.275 e. The number of amides is 2. The van der Waals surface area contributed by atoms with Crippen molar-refractivity contribution in [1.29, 1.82) is 5.26 Å². The van der Waals surface area contributed by atoms with Crippen molar-refractivity contribution in [2.45, 2.75) is 57.9 Å². The lowest BCUT2D eigenvalue weighted by Crippen LogP contribution is -2.40. The molecule has 10 heteroatoms. The molecule has 1 fully saturated rings. The van der Waals surface area contributed by atoms with Gasteiger partial charge in [-0.2, -0.15) is 5.26 Å². The maximum atomic E-state index is 13.1. The van der Waals surface area contributed by atoms with E-state index in [1.807, 2.05) is 39.0 Å². The molecule has 6 rings (SSSR count). The third kappa shape index (κ3) is 4.31. The number of hydrogen-bond acceptors (Lipinski definition) is 8. The Morgan fingerprint density at radius 2 is 1.97 bits per heavy atom. The van der Waals surface area contributed by atoms with Gasteiger partial charge in [0.1, 0.15) is 17.7 Å². The van der Waals surface area contributed by atoms with Crippen molar-refractivity contribution in [3.63, 3.8) is 0 Å². The van der Waals surface area contributed by atoms with Crippen LogP contribution in [0.2, 0.25) is 0 Å². The molecule has 2 atom stereocenters. The summed E-state index contributed by atoms with van der Waals surface area (Å²) < 4.78 is 17.7. The second kappa shape index (κ2) is 9.35. The van der Waals surface area contributed by atoms with Gasteiger partial charge in [-0.1, -0.05) is 39.0 Å². The first kappa shape index (κ1) is 25.3. The van der Waals surface area contributed by atoms with Crippen LogP contribution in [-0.4, -0.2) is 53.0 Å². The second-order valence-corrected chi connectivity index (χ2v) is 11.5. The molecule has 0 spiro atoms. The summed E-state index contributed by atoms with van der Waals surface area (Å²) in [4.78, 5) is 37.1. The van der Waals surface area contributed by atoms with Gasteiger partial charge in [-0.3, -0.25) is 9.59 Å². The molecular formula is C29H31N5O5. The summed E-state index contributed by atoms with van der Waals surface area (Å²) in [6.45, 7) is 7.88. The molecular weight excluding hydrogens is 498 g/mol. The number of carbonyl (C=O) groups is 2. The van der Waals surface area contributed by atoms with E-state index in [-0.39, 0.29) is 35.0 Å². The molecule has 202 valence electrons. The zero-order valence-electron chi connectivity index (χ0n) is 22.4. The van der Waals surface area contributed by atoms with Crippen molar-refractivity contribution in [1.82, 2.24) is 20.2 Å². The molecule has 4 heterocycles. The van der Waals surface area contributed by atoms with Crippen LogP contribution < -0.4 is 5.32 Å². The topological polar surface area (TPSA) is 134 Å². The van der Waals surface area contributed by atoms with Gasteiger partial charge in [0.2, 0.25) is 17.7 Å². The van der Waals surface area contributed by atoms with Crippen LogP contribution in [0.1, 0.15) is 78.5 Å². The highest BCUT2D eigenvalue weighted by atomic mass is 16.5. The third-order valence-corrected chi connectivity index (χ3v) is 7.91. The van der Waals surface area contributed by atoms with Crippen LogP contribution in [0.25, 0.3) is 11.6 Å². The summed E-state index contributed by atoms with van der Waals surface area (Å²) in [7, 11) is 0. The van der Waals surface area contributed by atoms with Crippen LogP contribution in [-0.2, 0) is 27.8 Å². The average molecular weight is 530 g/mol. The molecule has 2 aromatic heterocycles. The zero-order valence-corrected chi connectivity index (χ0v) is 22.4. The number of rotatable bonds is 2. The molecule has 39 heavy (non-hydrogen) atoms. The van der Waals surface area contributed by atoms with Gasteiger partial charge in [-0.25, -0.2) is 9.97 Å². The summed E-state index contributed by atoms with van der Waals surface area (Å²) in [6, 6.07) is 8.06. The number of benzene rings is 1. The number of carbonyl (C=O) groups excluding carboxylic acids is 2. The number of hydrogen-bond donors (Lipinski definition) is 1. The summed E-state index contributed by atoms with van der Waals surface area (Å²) in [5.74, 6) is 0.338. The van der Waals surface area contributed by atoms with Gasteiger partial charge in [-0.15, -0.1) is 0 Å². The minimum absolute atomic E-state index is 0.102. The van der Waals surface area contributed by atoms with E-state index in [9.17, 15) is 14.9 Å². The predicted octanol–water partition coefficient (Wildman–Crippen LogP) is 3.71. The fraction of sp³-hybridized carbons (Fsp3) is 0.483. The summed E-state index contributed by atoms with van der Waals surface area (Å²) in [5.41, 5.74) is 1.77. The van der Waals surface area contributed by atoms with Crippen molar-refractivity contribution in [2.75, 3.05) is 26.3 Å². The van der Waals surface area contributed by atoms with Gasteiger partial charge >= 0.3 is 0 Å². The number of aromatic nitrogens is 2. The third-order valence-electron chi connectivity index (χ3n) is 7.91. The van der Waals surface area contributed by atoms with Crippen molar-refractivity contribution < 1.29 is 23.2 Å². The molecule has 10 nitrogen and oxygen atoms in total. The number of oxazole rings is 2. The monoisotopic (exact) mass is 529 g/mol. The zero-order chi connectivity index (χ0) is 27.4. The van der Waals surface area contributed by atoms with Crippen LogP contribution in [0.3, 0.4) is 0 Å². The standard InChI is InChI=1S/C29H31N5O5/c1-28(2,3)23-26-33-22(25-31-20(15-38-25)27(36)34-10-12-37-13-11-34)24(39-26)29(16-30)9-8-18-6-4-17(14-19(18)29)5-7-21(35)32-23/h4,6,14-15,23H,5,7-13H2,1-3H3,(H,32,35)/t23-,29-/m1/s1. The van der Waals surface area contributed by atoms with E-state index in [1.54, 1.807) is 4.90 Å². The molecule has 1 saturated heterocycles. The quantitative estimate of drug-likeness (QED) is 0.531. The van der Waals surface area contributed by atoms with E-state index >= 15 is 0 Å². The molecule has 1 N–H and O–H groups in total. The SMILES string of the molecule is CC(C)(C)[C@@H]1NC(=O)CCc2ccc3c(c2)[C@](C#N)(CC3)c2oc1nc2-c1nc(C(=O)N2CCOCC2)co1. The fourth-order valence-corrected chi connectivity index (χ4v) is 5.70. The van der Waals surface area contributed by atoms with Crippen molar-refractivity contribution in [3.8, 4) is 17.7 Å².